The van der Waals surface area contributed by atoms with E-state index in [2.05, 4.69) is 64.4 Å². The maximum absolute atomic E-state index is 4.54. The first-order valence-electron chi connectivity index (χ1n) is 5.72. The quantitative estimate of drug-likeness (QED) is 0.759. The van der Waals surface area contributed by atoms with Crippen LogP contribution in [0.4, 0.5) is 0 Å². The minimum atomic E-state index is 0.515. The molecule has 17 heavy (non-hydrogen) atoms. The molecule has 0 amide bonds. The van der Waals surface area contributed by atoms with Crippen LogP contribution in [0.3, 0.4) is 0 Å². The van der Waals surface area contributed by atoms with E-state index in [-0.39, 0.29) is 0 Å². The van der Waals surface area contributed by atoms with Crippen molar-refractivity contribution in [3.63, 3.8) is 0 Å². The third-order valence-electron chi connectivity index (χ3n) is 2.82. The van der Waals surface area contributed by atoms with E-state index in [0.29, 0.717) is 5.92 Å². The van der Waals surface area contributed by atoms with Gasteiger partial charge in [0.2, 0.25) is 0 Å². The van der Waals surface area contributed by atoms with Gasteiger partial charge in [0.1, 0.15) is 0 Å². The van der Waals surface area contributed by atoms with Gasteiger partial charge in [-0.3, -0.25) is 0 Å². The number of hydrogen-bond acceptors (Lipinski definition) is 2. The third kappa shape index (κ3) is 3.39. The second-order valence-corrected chi connectivity index (χ2v) is 5.94. The third-order valence-corrected chi connectivity index (χ3v) is 4.59. The first-order valence-corrected chi connectivity index (χ1v) is 7.72. The summed E-state index contributed by atoms with van der Waals surface area (Å²) in [6.45, 7) is 4.17. The molecule has 2 rings (SSSR count). The Kier molecular flexibility index (Phi) is 4.35. The second-order valence-electron chi connectivity index (χ2n) is 4.35. The van der Waals surface area contributed by atoms with Crippen molar-refractivity contribution in [3.8, 4) is 0 Å². The van der Waals surface area contributed by atoms with Gasteiger partial charge in [-0.25, -0.2) is 4.98 Å². The van der Waals surface area contributed by atoms with Crippen LogP contribution < -0.4 is 0 Å². The molecule has 1 atom stereocenters. The van der Waals surface area contributed by atoms with Gasteiger partial charge in [-0.1, -0.05) is 45.8 Å². The number of halogens is 1. The van der Waals surface area contributed by atoms with Crippen LogP contribution in [0, 0.1) is 13.8 Å². The lowest BCUT2D eigenvalue weighted by Gasteiger charge is -2.13. The molecule has 0 bridgehead atoms. The summed E-state index contributed by atoms with van der Waals surface area (Å²) in [5.74, 6) is 0.515. The lowest BCUT2D eigenvalue weighted by Crippen LogP contribution is -2.04. The number of aromatic nitrogens is 1. The van der Waals surface area contributed by atoms with Crippen molar-refractivity contribution in [3.05, 3.63) is 51.5 Å². The summed E-state index contributed by atoms with van der Waals surface area (Å²) in [6.07, 6.45) is 1.02. The average Bonchev–Trinajstić information content (AvgIpc) is 2.73. The molecule has 0 spiro atoms. The highest BCUT2D eigenvalue weighted by molar-refractivity contribution is 9.09. The Morgan fingerprint density at radius 2 is 1.94 bits per heavy atom. The number of thiazole rings is 1. The number of hydrogen-bond donors (Lipinski definition) is 0. The van der Waals surface area contributed by atoms with Crippen LogP contribution in [0.2, 0.25) is 0 Å². The maximum atomic E-state index is 4.54. The monoisotopic (exact) mass is 309 g/mol. The summed E-state index contributed by atoms with van der Waals surface area (Å²) in [5, 5.41) is 4.33. The van der Waals surface area contributed by atoms with Crippen LogP contribution in [-0.2, 0) is 6.42 Å². The molecule has 3 heteroatoms. The zero-order valence-electron chi connectivity index (χ0n) is 10.1. The summed E-state index contributed by atoms with van der Waals surface area (Å²) < 4.78 is 0. The molecule has 1 heterocycles. The Morgan fingerprint density at radius 1 is 1.24 bits per heavy atom. The smallest absolute Gasteiger partial charge is 0.0934 e. The Hall–Kier alpha value is -0.670. The van der Waals surface area contributed by atoms with Gasteiger partial charge >= 0.3 is 0 Å². The largest absolute Gasteiger partial charge is 0.247 e. The van der Waals surface area contributed by atoms with Crippen molar-refractivity contribution in [1.82, 2.24) is 4.98 Å². The standard InChI is InChI=1S/C14H16BrNS/c1-10-3-5-12(6-4-10)13(8-15)7-14-16-11(2)9-17-14/h3-6,9,13H,7-8H2,1-2H3. The topological polar surface area (TPSA) is 12.9 Å². The summed E-state index contributed by atoms with van der Waals surface area (Å²) in [4.78, 5) is 4.54. The molecule has 1 aromatic carbocycles. The summed E-state index contributed by atoms with van der Waals surface area (Å²) >= 11 is 5.37. The first-order chi connectivity index (χ1) is 8.19. The molecule has 1 aromatic heterocycles. The van der Waals surface area contributed by atoms with Crippen molar-refractivity contribution in [2.24, 2.45) is 0 Å². The van der Waals surface area contributed by atoms with Crippen LogP contribution in [0.1, 0.15) is 27.7 Å². The molecule has 2 aromatic rings. The molecule has 0 saturated heterocycles. The number of benzene rings is 1. The minimum Gasteiger partial charge on any atom is -0.247 e. The molecule has 0 radical (unpaired) electrons. The molecular formula is C14H16BrNS. The number of alkyl halides is 1. The van der Waals surface area contributed by atoms with Gasteiger partial charge < -0.3 is 0 Å². The highest BCUT2D eigenvalue weighted by Gasteiger charge is 2.12. The van der Waals surface area contributed by atoms with E-state index < -0.39 is 0 Å². The van der Waals surface area contributed by atoms with Crippen LogP contribution in [0.5, 0.6) is 0 Å². The van der Waals surface area contributed by atoms with E-state index in [4.69, 9.17) is 0 Å². The number of rotatable bonds is 4. The number of nitrogens with zero attached hydrogens (tertiary/aromatic N) is 1. The second kappa shape index (κ2) is 5.78. The van der Waals surface area contributed by atoms with Crippen molar-refractivity contribution in [2.75, 3.05) is 5.33 Å². The van der Waals surface area contributed by atoms with E-state index in [1.54, 1.807) is 11.3 Å². The molecule has 0 aliphatic rings. The average molecular weight is 310 g/mol. The highest BCUT2D eigenvalue weighted by Crippen LogP contribution is 2.25. The van der Waals surface area contributed by atoms with Crippen molar-refractivity contribution in [1.29, 1.82) is 0 Å². The maximum Gasteiger partial charge on any atom is 0.0934 e. The molecule has 1 unspecified atom stereocenters. The molecule has 0 N–H and O–H groups in total. The molecule has 1 nitrogen and oxygen atoms in total. The minimum absolute atomic E-state index is 0.515. The highest BCUT2D eigenvalue weighted by atomic mass is 79.9. The fourth-order valence-electron chi connectivity index (χ4n) is 1.81. The van der Waals surface area contributed by atoms with Crippen LogP contribution in [0.15, 0.2) is 29.6 Å². The fourth-order valence-corrected chi connectivity index (χ4v) is 3.26. The normalized spacial score (nSPS) is 12.6. The van der Waals surface area contributed by atoms with Gasteiger partial charge in [-0.15, -0.1) is 11.3 Å². The predicted molar refractivity (Wildman–Crippen MR) is 78.3 cm³/mol. The lowest BCUT2D eigenvalue weighted by molar-refractivity contribution is 0.768. The number of aryl methyl sites for hydroxylation is 2. The molecule has 0 fully saturated rings. The Bertz CT molecular complexity index is 475. The van der Waals surface area contributed by atoms with Crippen LogP contribution in [0.25, 0.3) is 0 Å². The van der Waals surface area contributed by atoms with Gasteiger partial charge in [-0.2, -0.15) is 0 Å². The molecular weight excluding hydrogens is 294 g/mol. The zero-order valence-corrected chi connectivity index (χ0v) is 12.5. The van der Waals surface area contributed by atoms with Gasteiger partial charge in [0.25, 0.3) is 0 Å². The molecule has 0 aliphatic heterocycles. The van der Waals surface area contributed by atoms with Crippen LogP contribution >= 0.6 is 27.3 Å². The fraction of sp³-hybridized carbons (Fsp3) is 0.357. The zero-order chi connectivity index (χ0) is 12.3. The van der Waals surface area contributed by atoms with Crippen molar-refractivity contribution in [2.45, 2.75) is 26.2 Å². The SMILES string of the molecule is Cc1ccc(C(CBr)Cc2nc(C)cs2)cc1. The predicted octanol–water partition coefficient (Wildman–Crippen LogP) is 4.48. The van der Waals surface area contributed by atoms with E-state index in [1.165, 1.54) is 16.1 Å². The van der Waals surface area contributed by atoms with E-state index in [0.717, 1.165) is 17.4 Å². The lowest BCUT2D eigenvalue weighted by atomic mass is 9.97. The van der Waals surface area contributed by atoms with Gasteiger partial charge in [0.05, 0.1) is 5.01 Å². The first kappa shape index (κ1) is 12.8. The van der Waals surface area contributed by atoms with Gasteiger partial charge in [0, 0.05) is 22.8 Å². The Labute approximate surface area is 115 Å². The molecule has 90 valence electrons. The Balaban J connectivity index is 2.13. The van der Waals surface area contributed by atoms with Gasteiger partial charge in [-0.05, 0) is 25.3 Å². The summed E-state index contributed by atoms with van der Waals surface area (Å²) in [7, 11) is 0. The van der Waals surface area contributed by atoms with Crippen molar-refractivity contribution < 1.29 is 0 Å². The van der Waals surface area contributed by atoms with Crippen LogP contribution in [-0.4, -0.2) is 10.3 Å². The molecule has 0 saturated carbocycles. The summed E-state index contributed by atoms with van der Waals surface area (Å²) in [5.41, 5.74) is 3.83. The molecule has 0 aliphatic carbocycles. The van der Waals surface area contributed by atoms with Crippen molar-refractivity contribution >= 4 is 27.3 Å². The van der Waals surface area contributed by atoms with E-state index >= 15 is 0 Å². The van der Waals surface area contributed by atoms with E-state index in [9.17, 15) is 0 Å². The Morgan fingerprint density at radius 3 is 2.47 bits per heavy atom. The van der Waals surface area contributed by atoms with E-state index in [1.807, 2.05) is 0 Å². The van der Waals surface area contributed by atoms with Gasteiger partial charge in [0.15, 0.2) is 0 Å². The summed E-state index contributed by atoms with van der Waals surface area (Å²) in [6, 6.07) is 8.81.